The zero-order chi connectivity index (χ0) is 30.5. The number of pyridine rings is 2. The molecule has 9 aromatic rings. The zero-order valence-electron chi connectivity index (χ0n) is 24.5. The third kappa shape index (κ3) is 4.58. The summed E-state index contributed by atoms with van der Waals surface area (Å²) < 4.78 is 0. The summed E-state index contributed by atoms with van der Waals surface area (Å²) >= 11 is 3.24. The highest BCUT2D eigenvalue weighted by molar-refractivity contribution is 7.13. The minimum absolute atomic E-state index is 0.927. The van der Waals surface area contributed by atoms with Crippen molar-refractivity contribution in [2.75, 3.05) is 0 Å². The summed E-state index contributed by atoms with van der Waals surface area (Å²) in [6.45, 7) is 0. The van der Waals surface area contributed by atoms with Gasteiger partial charge in [-0.2, -0.15) is 0 Å². The molecule has 46 heavy (non-hydrogen) atoms. The first-order chi connectivity index (χ1) is 22.8. The number of hydrogen-bond acceptors (Lipinski definition) is 6. The summed E-state index contributed by atoms with van der Waals surface area (Å²) in [5, 5.41) is 12.9. The number of rotatable bonds is 5. The molecule has 0 N–H and O–H groups in total. The van der Waals surface area contributed by atoms with Gasteiger partial charge in [-0.05, 0) is 79.8 Å². The third-order valence-corrected chi connectivity index (χ3v) is 10.1. The second-order valence-electron chi connectivity index (χ2n) is 11.2. The van der Waals surface area contributed by atoms with Crippen molar-refractivity contribution in [1.29, 1.82) is 0 Å². The summed E-state index contributed by atoms with van der Waals surface area (Å²) in [7, 11) is 0. The van der Waals surface area contributed by atoms with Crippen LogP contribution < -0.4 is 0 Å². The van der Waals surface area contributed by atoms with E-state index in [9.17, 15) is 0 Å². The predicted octanol–water partition coefficient (Wildman–Crippen LogP) is 11.2. The molecule has 0 spiro atoms. The van der Waals surface area contributed by atoms with Crippen LogP contribution in [0.1, 0.15) is 0 Å². The van der Waals surface area contributed by atoms with E-state index in [-0.39, 0.29) is 0 Å². The van der Waals surface area contributed by atoms with Crippen molar-refractivity contribution in [1.82, 2.24) is 19.9 Å². The molecule has 0 saturated carbocycles. The molecule has 4 nitrogen and oxygen atoms in total. The molecule has 9 rings (SSSR count). The Balaban J connectivity index is 1.31. The molecule has 4 heterocycles. The van der Waals surface area contributed by atoms with Gasteiger partial charge in [-0.3, -0.25) is 9.97 Å². The maximum Gasteiger partial charge on any atom is 0.124 e. The second kappa shape index (κ2) is 11.1. The van der Waals surface area contributed by atoms with Crippen molar-refractivity contribution in [2.45, 2.75) is 0 Å². The minimum Gasteiger partial charge on any atom is -0.255 e. The molecular formula is C40H24N4S2. The van der Waals surface area contributed by atoms with Crippen molar-refractivity contribution in [2.24, 2.45) is 0 Å². The molecule has 0 atom stereocenters. The van der Waals surface area contributed by atoms with E-state index in [1.165, 1.54) is 16.3 Å². The molecule has 0 fully saturated rings. The average Bonchev–Trinajstić information content (AvgIpc) is 3.87. The maximum absolute atomic E-state index is 5.04. The van der Waals surface area contributed by atoms with Gasteiger partial charge in [0.05, 0.1) is 11.4 Å². The SMILES string of the molecule is c1ccc2cc(-c3ccc4c(-c5ccc(-c6nccs6)cn5)c5ccccc5c(-c5ccc(-c6nccs6)cn5)c4c3)ccc2c1. The summed E-state index contributed by atoms with van der Waals surface area (Å²) in [6.07, 6.45) is 7.54. The Bertz CT molecular complexity index is 2500. The van der Waals surface area contributed by atoms with Gasteiger partial charge in [0.1, 0.15) is 10.0 Å². The van der Waals surface area contributed by atoms with E-state index < -0.39 is 0 Å². The van der Waals surface area contributed by atoms with E-state index in [0.29, 0.717) is 0 Å². The highest BCUT2D eigenvalue weighted by atomic mass is 32.1. The first-order valence-electron chi connectivity index (χ1n) is 15.0. The number of nitrogens with zero attached hydrogens (tertiary/aromatic N) is 4. The molecule has 0 bridgehead atoms. The Kier molecular flexibility index (Phi) is 6.47. The van der Waals surface area contributed by atoms with Gasteiger partial charge >= 0.3 is 0 Å². The van der Waals surface area contributed by atoms with Crippen LogP contribution in [-0.4, -0.2) is 19.9 Å². The molecule has 0 aliphatic carbocycles. The van der Waals surface area contributed by atoms with Crippen LogP contribution in [0.15, 0.2) is 145 Å². The van der Waals surface area contributed by atoms with Gasteiger partial charge in [0.15, 0.2) is 0 Å². The first kappa shape index (κ1) is 26.8. The van der Waals surface area contributed by atoms with Crippen LogP contribution in [0.5, 0.6) is 0 Å². The highest BCUT2D eigenvalue weighted by Gasteiger charge is 2.19. The molecule has 0 amide bonds. The third-order valence-electron chi connectivity index (χ3n) is 8.50. The van der Waals surface area contributed by atoms with Gasteiger partial charge < -0.3 is 0 Å². The van der Waals surface area contributed by atoms with E-state index in [1.54, 1.807) is 22.7 Å². The zero-order valence-corrected chi connectivity index (χ0v) is 26.1. The molecule has 0 unspecified atom stereocenters. The fourth-order valence-electron chi connectivity index (χ4n) is 6.35. The van der Waals surface area contributed by atoms with Gasteiger partial charge in [-0.1, -0.05) is 72.8 Å². The molecule has 0 aliphatic rings. The maximum atomic E-state index is 5.04. The van der Waals surface area contributed by atoms with Crippen LogP contribution in [0.2, 0.25) is 0 Å². The van der Waals surface area contributed by atoms with Gasteiger partial charge in [-0.25, -0.2) is 9.97 Å². The minimum atomic E-state index is 0.927. The van der Waals surface area contributed by atoms with E-state index in [1.807, 2.05) is 35.5 Å². The van der Waals surface area contributed by atoms with Crippen molar-refractivity contribution >= 4 is 55.0 Å². The Morgan fingerprint density at radius 3 is 1.50 bits per heavy atom. The standard InChI is InChI=1S/C40H24N4S2/c1-2-6-26-21-27(10-9-25(26)5-1)28-11-14-33-34(22-28)38(36-16-13-30(24-44-36)40-42-18-20-46-40)32-8-4-3-7-31(32)37(33)35-15-12-29(23-43-35)39-41-17-19-45-39/h1-24H. The summed E-state index contributed by atoms with van der Waals surface area (Å²) in [6, 6.07) is 39.1. The normalized spacial score (nSPS) is 11.5. The van der Waals surface area contributed by atoms with Gasteiger partial charge in [0.2, 0.25) is 0 Å². The van der Waals surface area contributed by atoms with Crippen LogP contribution in [0.3, 0.4) is 0 Å². The molecule has 6 heteroatoms. The molecule has 0 radical (unpaired) electrons. The van der Waals surface area contributed by atoms with Crippen LogP contribution >= 0.6 is 22.7 Å². The topological polar surface area (TPSA) is 51.6 Å². The molecule has 4 aromatic heterocycles. The van der Waals surface area contributed by atoms with E-state index >= 15 is 0 Å². The van der Waals surface area contributed by atoms with Crippen LogP contribution in [-0.2, 0) is 0 Å². The molecule has 0 saturated heterocycles. The lowest BCUT2D eigenvalue weighted by Crippen LogP contribution is -1.94. The largest absolute Gasteiger partial charge is 0.255 e. The fraction of sp³-hybridized carbons (Fsp3) is 0. The quantitative estimate of drug-likeness (QED) is 0.179. The lowest BCUT2D eigenvalue weighted by Gasteiger charge is -2.18. The van der Waals surface area contributed by atoms with Crippen molar-refractivity contribution < 1.29 is 0 Å². The van der Waals surface area contributed by atoms with Gasteiger partial charge in [0, 0.05) is 57.8 Å². The number of benzene rings is 5. The van der Waals surface area contributed by atoms with Gasteiger partial charge in [0.25, 0.3) is 0 Å². The Labute approximate surface area is 273 Å². The Morgan fingerprint density at radius 2 is 0.913 bits per heavy atom. The number of hydrogen-bond donors (Lipinski definition) is 0. The van der Waals surface area contributed by atoms with Crippen LogP contribution in [0, 0.1) is 0 Å². The lowest BCUT2D eigenvalue weighted by molar-refractivity contribution is 1.31. The average molecular weight is 625 g/mol. The predicted molar refractivity (Wildman–Crippen MR) is 193 cm³/mol. The van der Waals surface area contributed by atoms with Crippen molar-refractivity contribution in [3.05, 3.63) is 145 Å². The Morgan fingerprint density at radius 1 is 0.391 bits per heavy atom. The summed E-state index contributed by atoms with van der Waals surface area (Å²) in [5.74, 6) is 0. The second-order valence-corrected chi connectivity index (χ2v) is 12.9. The van der Waals surface area contributed by atoms with Crippen LogP contribution in [0.25, 0.3) is 87.1 Å². The summed E-state index contributed by atoms with van der Waals surface area (Å²) in [4.78, 5) is 19.0. The van der Waals surface area contributed by atoms with E-state index in [4.69, 9.17) is 9.97 Å². The highest BCUT2D eigenvalue weighted by Crippen LogP contribution is 2.44. The van der Waals surface area contributed by atoms with Gasteiger partial charge in [-0.15, -0.1) is 22.7 Å². The van der Waals surface area contributed by atoms with E-state index in [0.717, 1.165) is 70.8 Å². The smallest absolute Gasteiger partial charge is 0.124 e. The van der Waals surface area contributed by atoms with Crippen molar-refractivity contribution in [3.63, 3.8) is 0 Å². The van der Waals surface area contributed by atoms with E-state index in [2.05, 4.69) is 119 Å². The molecular weight excluding hydrogens is 601 g/mol. The Hall–Kier alpha value is -5.56. The molecule has 0 aliphatic heterocycles. The summed E-state index contributed by atoms with van der Waals surface area (Å²) in [5.41, 5.74) is 8.46. The monoisotopic (exact) mass is 624 g/mol. The number of thiazole rings is 2. The number of fused-ring (bicyclic) bond motifs is 3. The lowest BCUT2D eigenvalue weighted by atomic mass is 9.87. The first-order valence-corrected chi connectivity index (χ1v) is 16.8. The van der Waals surface area contributed by atoms with Crippen molar-refractivity contribution in [3.8, 4) is 54.8 Å². The number of aromatic nitrogens is 4. The van der Waals surface area contributed by atoms with Crippen LogP contribution in [0.4, 0.5) is 0 Å². The molecule has 216 valence electrons. The molecule has 5 aromatic carbocycles. The fourth-order valence-corrected chi connectivity index (χ4v) is 7.61.